The molecule has 0 radical (unpaired) electrons. The quantitative estimate of drug-likeness (QED) is 0.893. The third kappa shape index (κ3) is 3.87. The molecular formula is C13H16Cl2N2O. The maximum absolute atomic E-state index is 11.7. The molecule has 0 saturated carbocycles. The average Bonchev–Trinajstić information content (AvgIpc) is 2.80. The molecule has 0 aliphatic carbocycles. The number of halogens is 2. The van der Waals surface area contributed by atoms with Gasteiger partial charge in [-0.2, -0.15) is 0 Å². The molecule has 3 nitrogen and oxygen atoms in total. The average molecular weight is 287 g/mol. The molecule has 0 bridgehead atoms. The van der Waals surface area contributed by atoms with E-state index < -0.39 is 0 Å². The molecule has 1 heterocycles. The predicted molar refractivity (Wildman–Crippen MR) is 74.2 cm³/mol. The first kappa shape index (κ1) is 13.7. The van der Waals surface area contributed by atoms with E-state index in [4.69, 9.17) is 23.2 Å². The van der Waals surface area contributed by atoms with Crippen LogP contribution in [0.2, 0.25) is 10.0 Å². The number of rotatable bonds is 4. The number of carbonyl (C=O) groups is 1. The van der Waals surface area contributed by atoms with Crippen molar-refractivity contribution in [2.75, 3.05) is 13.1 Å². The first-order chi connectivity index (χ1) is 8.65. The second kappa shape index (κ2) is 6.41. The van der Waals surface area contributed by atoms with Crippen molar-refractivity contribution in [3.8, 4) is 0 Å². The van der Waals surface area contributed by atoms with Crippen LogP contribution in [-0.2, 0) is 11.2 Å². The van der Waals surface area contributed by atoms with Gasteiger partial charge in [0.1, 0.15) is 0 Å². The fourth-order valence-corrected chi connectivity index (χ4v) is 2.69. The van der Waals surface area contributed by atoms with E-state index in [2.05, 4.69) is 10.6 Å². The van der Waals surface area contributed by atoms with Gasteiger partial charge in [0, 0.05) is 16.6 Å². The van der Waals surface area contributed by atoms with E-state index in [9.17, 15) is 4.79 Å². The van der Waals surface area contributed by atoms with Gasteiger partial charge >= 0.3 is 0 Å². The van der Waals surface area contributed by atoms with Crippen LogP contribution in [0, 0.1) is 0 Å². The Bertz CT molecular complexity index is 411. The van der Waals surface area contributed by atoms with E-state index in [0.717, 1.165) is 31.4 Å². The van der Waals surface area contributed by atoms with Crippen molar-refractivity contribution >= 4 is 29.1 Å². The summed E-state index contributed by atoms with van der Waals surface area (Å²) in [6.07, 6.45) is 2.73. The highest BCUT2D eigenvalue weighted by Gasteiger charge is 2.21. The standard InChI is InChI=1S/C13H16Cl2N2O/c14-10-6-9(7-11(15)8-10)3-5-17-13(18)12-2-1-4-16-12/h6-8,12,16H,1-5H2,(H,17,18). The molecule has 0 spiro atoms. The van der Waals surface area contributed by atoms with Crippen molar-refractivity contribution in [1.82, 2.24) is 10.6 Å². The molecule has 0 aromatic heterocycles. The number of hydrogen-bond donors (Lipinski definition) is 2. The second-order valence-corrected chi connectivity index (χ2v) is 5.34. The van der Waals surface area contributed by atoms with Gasteiger partial charge in [-0.05, 0) is 49.6 Å². The van der Waals surface area contributed by atoms with E-state index in [0.29, 0.717) is 16.6 Å². The number of benzene rings is 1. The Morgan fingerprint density at radius 2 is 2.06 bits per heavy atom. The van der Waals surface area contributed by atoms with Crippen LogP contribution >= 0.6 is 23.2 Å². The summed E-state index contributed by atoms with van der Waals surface area (Å²) >= 11 is 11.8. The topological polar surface area (TPSA) is 41.1 Å². The zero-order valence-electron chi connectivity index (χ0n) is 10.0. The second-order valence-electron chi connectivity index (χ2n) is 4.47. The Kier molecular flexibility index (Phi) is 4.87. The molecule has 1 unspecified atom stereocenters. The maximum atomic E-state index is 11.7. The van der Waals surface area contributed by atoms with Crippen molar-refractivity contribution in [2.24, 2.45) is 0 Å². The van der Waals surface area contributed by atoms with E-state index >= 15 is 0 Å². The molecule has 1 fully saturated rings. The number of carbonyl (C=O) groups excluding carboxylic acids is 1. The minimum Gasteiger partial charge on any atom is -0.354 e. The van der Waals surface area contributed by atoms with Gasteiger partial charge in [-0.25, -0.2) is 0 Å². The number of amides is 1. The summed E-state index contributed by atoms with van der Waals surface area (Å²) in [6, 6.07) is 5.42. The lowest BCUT2D eigenvalue weighted by molar-refractivity contribution is -0.122. The Morgan fingerprint density at radius 3 is 2.67 bits per heavy atom. The lowest BCUT2D eigenvalue weighted by Gasteiger charge is -2.11. The van der Waals surface area contributed by atoms with Gasteiger partial charge in [0.05, 0.1) is 6.04 Å². The van der Waals surface area contributed by atoms with Crippen molar-refractivity contribution in [1.29, 1.82) is 0 Å². The van der Waals surface area contributed by atoms with E-state index in [1.165, 1.54) is 0 Å². The van der Waals surface area contributed by atoms with Crippen LogP contribution in [0.4, 0.5) is 0 Å². The maximum Gasteiger partial charge on any atom is 0.237 e. The van der Waals surface area contributed by atoms with Crippen LogP contribution in [0.15, 0.2) is 18.2 Å². The van der Waals surface area contributed by atoms with Crippen LogP contribution in [0.1, 0.15) is 18.4 Å². The molecule has 2 N–H and O–H groups in total. The third-order valence-electron chi connectivity index (χ3n) is 3.01. The van der Waals surface area contributed by atoms with Crippen LogP contribution in [0.25, 0.3) is 0 Å². The van der Waals surface area contributed by atoms with E-state index in [1.807, 2.05) is 12.1 Å². The summed E-state index contributed by atoms with van der Waals surface area (Å²) in [5.74, 6) is 0.0839. The highest BCUT2D eigenvalue weighted by atomic mass is 35.5. The van der Waals surface area contributed by atoms with Gasteiger partial charge in [0.25, 0.3) is 0 Å². The highest BCUT2D eigenvalue weighted by molar-refractivity contribution is 6.34. The third-order valence-corrected chi connectivity index (χ3v) is 3.45. The number of hydrogen-bond acceptors (Lipinski definition) is 2. The van der Waals surface area contributed by atoms with Crippen molar-refractivity contribution < 1.29 is 4.79 Å². The highest BCUT2D eigenvalue weighted by Crippen LogP contribution is 2.19. The van der Waals surface area contributed by atoms with Crippen LogP contribution < -0.4 is 10.6 Å². The summed E-state index contributed by atoms with van der Waals surface area (Å²) in [4.78, 5) is 11.7. The Hall–Kier alpha value is -0.770. The molecule has 1 aromatic carbocycles. The molecule has 5 heteroatoms. The molecule has 1 saturated heterocycles. The van der Waals surface area contributed by atoms with Crippen molar-refractivity contribution in [2.45, 2.75) is 25.3 Å². The lowest BCUT2D eigenvalue weighted by Crippen LogP contribution is -2.41. The van der Waals surface area contributed by atoms with E-state index in [-0.39, 0.29) is 11.9 Å². The Labute approximate surface area is 117 Å². The van der Waals surface area contributed by atoms with Gasteiger partial charge in [0.2, 0.25) is 5.91 Å². The van der Waals surface area contributed by atoms with Crippen molar-refractivity contribution in [3.63, 3.8) is 0 Å². The molecule has 1 aliphatic rings. The van der Waals surface area contributed by atoms with Crippen LogP contribution in [-0.4, -0.2) is 25.0 Å². The molecule has 18 heavy (non-hydrogen) atoms. The lowest BCUT2D eigenvalue weighted by atomic mass is 10.1. The van der Waals surface area contributed by atoms with E-state index in [1.54, 1.807) is 6.07 Å². The summed E-state index contributed by atoms with van der Waals surface area (Å²) in [5, 5.41) is 7.35. The SMILES string of the molecule is O=C(NCCc1cc(Cl)cc(Cl)c1)C1CCCN1. The zero-order valence-corrected chi connectivity index (χ0v) is 11.5. The molecular weight excluding hydrogens is 271 g/mol. The smallest absolute Gasteiger partial charge is 0.237 e. The van der Waals surface area contributed by atoms with Gasteiger partial charge in [-0.15, -0.1) is 0 Å². The monoisotopic (exact) mass is 286 g/mol. The molecule has 2 rings (SSSR count). The largest absolute Gasteiger partial charge is 0.354 e. The summed E-state index contributed by atoms with van der Waals surface area (Å²) in [5.41, 5.74) is 1.03. The molecule has 1 aromatic rings. The first-order valence-corrected chi connectivity index (χ1v) is 6.87. The Morgan fingerprint density at radius 1 is 1.33 bits per heavy atom. The minimum atomic E-state index is -0.0204. The van der Waals surface area contributed by atoms with Gasteiger partial charge < -0.3 is 10.6 Å². The Balaban J connectivity index is 1.79. The fourth-order valence-electron chi connectivity index (χ4n) is 2.12. The van der Waals surface area contributed by atoms with Crippen LogP contribution in [0.5, 0.6) is 0 Å². The van der Waals surface area contributed by atoms with Crippen LogP contribution in [0.3, 0.4) is 0 Å². The molecule has 1 aliphatic heterocycles. The van der Waals surface area contributed by atoms with Crippen molar-refractivity contribution in [3.05, 3.63) is 33.8 Å². The summed E-state index contributed by atoms with van der Waals surface area (Å²) < 4.78 is 0. The first-order valence-electron chi connectivity index (χ1n) is 6.11. The molecule has 1 amide bonds. The summed E-state index contributed by atoms with van der Waals surface area (Å²) in [7, 11) is 0. The van der Waals surface area contributed by atoms with Gasteiger partial charge in [-0.3, -0.25) is 4.79 Å². The summed E-state index contributed by atoms with van der Waals surface area (Å²) in [6.45, 7) is 1.54. The molecule has 98 valence electrons. The minimum absolute atomic E-state index is 0.0204. The number of nitrogens with one attached hydrogen (secondary N) is 2. The zero-order chi connectivity index (χ0) is 13.0. The normalized spacial score (nSPS) is 18.9. The molecule has 1 atom stereocenters. The fraction of sp³-hybridized carbons (Fsp3) is 0.462. The van der Waals surface area contributed by atoms with Gasteiger partial charge in [-0.1, -0.05) is 23.2 Å². The van der Waals surface area contributed by atoms with Gasteiger partial charge in [0.15, 0.2) is 0 Å². The predicted octanol–water partition coefficient (Wildman–Crippen LogP) is 2.40.